The highest BCUT2D eigenvalue weighted by molar-refractivity contribution is 7.98. The molecule has 1 aliphatic heterocycles. The third-order valence-corrected chi connectivity index (χ3v) is 5.84. The number of hydrogen-bond acceptors (Lipinski definition) is 3. The molecule has 0 N–H and O–H groups in total. The second kappa shape index (κ2) is 7.96. The minimum absolute atomic E-state index is 0.170. The van der Waals surface area contributed by atoms with Gasteiger partial charge in [-0.25, -0.2) is 4.98 Å². The number of fused-ring (bicyclic) bond motifs is 1. The van der Waals surface area contributed by atoms with E-state index < -0.39 is 0 Å². The summed E-state index contributed by atoms with van der Waals surface area (Å²) < 4.78 is 2.04. The van der Waals surface area contributed by atoms with E-state index >= 15 is 0 Å². The predicted molar refractivity (Wildman–Crippen MR) is 106 cm³/mol. The van der Waals surface area contributed by atoms with Gasteiger partial charge in [0.05, 0.1) is 5.69 Å². The molecule has 0 radical (unpaired) electrons. The summed E-state index contributed by atoms with van der Waals surface area (Å²) in [5, 5.41) is 0. The van der Waals surface area contributed by atoms with Crippen molar-refractivity contribution in [3.63, 3.8) is 0 Å². The van der Waals surface area contributed by atoms with Gasteiger partial charge in [0.25, 0.3) is 5.91 Å². The Hall–Kier alpha value is -2.27. The van der Waals surface area contributed by atoms with Gasteiger partial charge in [0, 0.05) is 41.7 Å². The first-order chi connectivity index (χ1) is 12.8. The van der Waals surface area contributed by atoms with Gasteiger partial charge in [-0.15, -0.1) is 11.8 Å². The molecule has 0 unspecified atom stereocenters. The first-order valence-corrected chi connectivity index (χ1v) is 10.2. The third kappa shape index (κ3) is 3.93. The number of imidazole rings is 1. The summed E-state index contributed by atoms with van der Waals surface area (Å²) in [7, 11) is 0. The van der Waals surface area contributed by atoms with Crippen LogP contribution in [0.5, 0.6) is 0 Å². The fourth-order valence-electron chi connectivity index (χ4n) is 3.36. The first-order valence-electron chi connectivity index (χ1n) is 9.24. The second-order valence-electron chi connectivity index (χ2n) is 6.72. The molecule has 0 spiro atoms. The largest absolute Gasteiger partial charge is 0.339 e. The summed E-state index contributed by atoms with van der Waals surface area (Å²) >= 11 is 1.75. The molecule has 134 valence electrons. The smallest absolute Gasteiger partial charge is 0.253 e. The van der Waals surface area contributed by atoms with Crippen LogP contribution in [0.3, 0.4) is 0 Å². The molecule has 1 aliphatic rings. The minimum Gasteiger partial charge on any atom is -0.339 e. The van der Waals surface area contributed by atoms with Crippen molar-refractivity contribution in [2.24, 2.45) is 0 Å². The fourth-order valence-corrected chi connectivity index (χ4v) is 4.15. The molecule has 1 saturated heterocycles. The van der Waals surface area contributed by atoms with Crippen LogP contribution in [0.1, 0.15) is 41.7 Å². The fraction of sp³-hybridized carbons (Fsp3) is 0.333. The number of rotatable bonds is 4. The van der Waals surface area contributed by atoms with Gasteiger partial charge in [0.2, 0.25) is 0 Å². The second-order valence-corrected chi connectivity index (χ2v) is 7.77. The molecule has 26 heavy (non-hydrogen) atoms. The van der Waals surface area contributed by atoms with Crippen molar-refractivity contribution >= 4 is 23.3 Å². The zero-order chi connectivity index (χ0) is 17.8. The van der Waals surface area contributed by atoms with E-state index in [9.17, 15) is 4.79 Å². The van der Waals surface area contributed by atoms with Crippen molar-refractivity contribution in [2.45, 2.75) is 36.3 Å². The third-order valence-electron chi connectivity index (χ3n) is 4.80. The zero-order valence-electron chi connectivity index (χ0n) is 14.8. The van der Waals surface area contributed by atoms with Crippen LogP contribution in [-0.4, -0.2) is 33.3 Å². The van der Waals surface area contributed by atoms with Gasteiger partial charge >= 0.3 is 0 Å². The monoisotopic (exact) mass is 365 g/mol. The lowest BCUT2D eigenvalue weighted by Gasteiger charge is -2.20. The van der Waals surface area contributed by atoms with Crippen LogP contribution in [0, 0.1) is 0 Å². The number of aromatic nitrogens is 2. The zero-order valence-corrected chi connectivity index (χ0v) is 15.6. The molecule has 0 aliphatic carbocycles. The number of benzene rings is 1. The SMILES string of the molecule is O=C(c1ccc(SCc2cn3ccccc3n2)cc1)N1CCCCCC1. The van der Waals surface area contributed by atoms with Crippen molar-refractivity contribution in [1.29, 1.82) is 0 Å². The standard InChI is InChI=1S/C21H23N3OS/c25-21(23-12-4-1-2-5-13-23)17-8-10-19(11-9-17)26-16-18-15-24-14-6-3-7-20(24)22-18/h3,6-11,14-15H,1-2,4-5,12-13,16H2. The van der Waals surface area contributed by atoms with Crippen LogP contribution in [0.15, 0.2) is 59.8 Å². The van der Waals surface area contributed by atoms with E-state index in [0.29, 0.717) is 0 Å². The average Bonchev–Trinajstić information content (AvgIpc) is 2.90. The number of hydrogen-bond donors (Lipinski definition) is 0. The van der Waals surface area contributed by atoms with Crippen LogP contribution in [-0.2, 0) is 5.75 Å². The molecule has 5 heteroatoms. The Morgan fingerprint density at radius 2 is 1.77 bits per heavy atom. The number of likely N-dealkylation sites (tertiary alicyclic amines) is 1. The van der Waals surface area contributed by atoms with Crippen molar-refractivity contribution in [1.82, 2.24) is 14.3 Å². The average molecular weight is 366 g/mol. The maximum Gasteiger partial charge on any atom is 0.253 e. The topological polar surface area (TPSA) is 37.6 Å². The lowest BCUT2D eigenvalue weighted by atomic mass is 10.2. The molecule has 1 amide bonds. The molecule has 1 aromatic carbocycles. The number of carbonyl (C=O) groups is 1. The summed E-state index contributed by atoms with van der Waals surface area (Å²) in [5.41, 5.74) is 2.83. The van der Waals surface area contributed by atoms with Crippen LogP contribution < -0.4 is 0 Å². The number of nitrogens with zero attached hydrogens (tertiary/aromatic N) is 3. The quantitative estimate of drug-likeness (QED) is 0.632. The highest BCUT2D eigenvalue weighted by Gasteiger charge is 2.17. The Kier molecular flexibility index (Phi) is 5.25. The number of amides is 1. The maximum absolute atomic E-state index is 12.6. The number of carbonyl (C=O) groups excluding carboxylic acids is 1. The Morgan fingerprint density at radius 1 is 1.00 bits per heavy atom. The Bertz CT molecular complexity index is 847. The number of pyridine rings is 1. The Labute approximate surface area is 158 Å². The van der Waals surface area contributed by atoms with Crippen molar-refractivity contribution in [3.05, 3.63) is 66.1 Å². The normalized spacial score (nSPS) is 15.2. The van der Waals surface area contributed by atoms with Gasteiger partial charge in [-0.05, 0) is 49.2 Å². The summed E-state index contributed by atoms with van der Waals surface area (Å²) in [6.07, 6.45) is 8.81. The van der Waals surface area contributed by atoms with E-state index in [1.54, 1.807) is 11.8 Å². The van der Waals surface area contributed by atoms with Gasteiger partial charge in [-0.3, -0.25) is 4.79 Å². The number of thioether (sulfide) groups is 1. The van der Waals surface area contributed by atoms with E-state index in [2.05, 4.69) is 11.2 Å². The van der Waals surface area contributed by atoms with E-state index in [1.807, 2.05) is 58.0 Å². The molecule has 2 aromatic heterocycles. The van der Waals surface area contributed by atoms with Crippen LogP contribution >= 0.6 is 11.8 Å². The molecule has 1 fully saturated rings. The molecule has 3 heterocycles. The van der Waals surface area contributed by atoms with Crippen LogP contribution in [0.2, 0.25) is 0 Å². The molecule has 0 bridgehead atoms. The van der Waals surface area contributed by atoms with Gasteiger partial charge in [0.1, 0.15) is 5.65 Å². The van der Waals surface area contributed by atoms with Gasteiger partial charge in [0.15, 0.2) is 0 Å². The predicted octanol–water partition coefficient (Wildman–Crippen LogP) is 4.64. The molecule has 0 saturated carbocycles. The summed E-state index contributed by atoms with van der Waals surface area (Å²) in [6.45, 7) is 1.78. The van der Waals surface area contributed by atoms with Gasteiger partial charge in [-0.1, -0.05) is 18.9 Å². The highest BCUT2D eigenvalue weighted by Crippen LogP contribution is 2.23. The van der Waals surface area contributed by atoms with E-state index in [4.69, 9.17) is 0 Å². The summed E-state index contributed by atoms with van der Waals surface area (Å²) in [4.78, 5) is 20.4. The molecule has 0 atom stereocenters. The summed E-state index contributed by atoms with van der Waals surface area (Å²) in [5.74, 6) is 0.991. The highest BCUT2D eigenvalue weighted by atomic mass is 32.2. The van der Waals surface area contributed by atoms with E-state index in [0.717, 1.165) is 53.5 Å². The van der Waals surface area contributed by atoms with E-state index in [-0.39, 0.29) is 5.91 Å². The van der Waals surface area contributed by atoms with Crippen LogP contribution in [0.4, 0.5) is 0 Å². The minimum atomic E-state index is 0.170. The lowest BCUT2D eigenvalue weighted by molar-refractivity contribution is 0.0761. The van der Waals surface area contributed by atoms with Crippen LogP contribution in [0.25, 0.3) is 5.65 Å². The molecular weight excluding hydrogens is 342 g/mol. The molecule has 4 rings (SSSR count). The first kappa shape index (κ1) is 17.2. The molecular formula is C21H23N3OS. The van der Waals surface area contributed by atoms with Crippen molar-refractivity contribution in [2.75, 3.05) is 13.1 Å². The molecule has 4 nitrogen and oxygen atoms in total. The Morgan fingerprint density at radius 3 is 2.50 bits per heavy atom. The van der Waals surface area contributed by atoms with Gasteiger partial charge in [-0.2, -0.15) is 0 Å². The summed E-state index contributed by atoms with van der Waals surface area (Å²) in [6, 6.07) is 14.0. The lowest BCUT2D eigenvalue weighted by Crippen LogP contribution is -2.31. The molecule has 3 aromatic rings. The van der Waals surface area contributed by atoms with E-state index in [1.165, 1.54) is 12.8 Å². The Balaban J connectivity index is 1.38. The van der Waals surface area contributed by atoms with Gasteiger partial charge < -0.3 is 9.30 Å². The van der Waals surface area contributed by atoms with Crippen molar-refractivity contribution < 1.29 is 4.79 Å². The maximum atomic E-state index is 12.6. The van der Waals surface area contributed by atoms with Crippen molar-refractivity contribution in [3.8, 4) is 0 Å².